The molecule has 1 aliphatic heterocycles. The maximum atomic E-state index is 13.1. The smallest absolute Gasteiger partial charge is 0.304 e. The second kappa shape index (κ2) is 10.7. The van der Waals surface area contributed by atoms with Crippen molar-refractivity contribution < 1.29 is 14.7 Å². The molecule has 158 valence electrons. The number of nitrogens with zero attached hydrogens (tertiary/aromatic N) is 2. The molecule has 1 atom stereocenters. The van der Waals surface area contributed by atoms with Gasteiger partial charge in [-0.2, -0.15) is 0 Å². The first-order chi connectivity index (χ1) is 14.5. The van der Waals surface area contributed by atoms with E-state index in [4.69, 9.17) is 0 Å². The molecular weight excluding hydrogens is 376 g/mol. The molecule has 2 aromatic rings. The minimum absolute atomic E-state index is 0.0432. The Morgan fingerprint density at radius 1 is 1.03 bits per heavy atom. The maximum absolute atomic E-state index is 13.1. The van der Waals surface area contributed by atoms with Crippen molar-refractivity contribution in [1.29, 1.82) is 0 Å². The summed E-state index contributed by atoms with van der Waals surface area (Å²) in [6.07, 6.45) is 4.60. The minimum Gasteiger partial charge on any atom is -0.481 e. The van der Waals surface area contributed by atoms with E-state index in [2.05, 4.69) is 29.2 Å². The normalized spacial score (nSPS) is 16.0. The number of amides is 1. The number of piperazine rings is 1. The van der Waals surface area contributed by atoms with E-state index in [0.29, 0.717) is 19.5 Å². The van der Waals surface area contributed by atoms with Crippen molar-refractivity contribution in [1.82, 2.24) is 9.80 Å². The third kappa shape index (κ3) is 6.56. The highest BCUT2D eigenvalue weighted by atomic mass is 16.4. The molecule has 1 aliphatic rings. The highest BCUT2D eigenvalue weighted by molar-refractivity contribution is 5.83. The lowest BCUT2D eigenvalue weighted by atomic mass is 9.93. The van der Waals surface area contributed by atoms with Crippen molar-refractivity contribution in [2.24, 2.45) is 5.92 Å². The van der Waals surface area contributed by atoms with Gasteiger partial charge in [-0.25, -0.2) is 0 Å². The molecule has 5 nitrogen and oxygen atoms in total. The third-order valence-corrected chi connectivity index (χ3v) is 5.49. The van der Waals surface area contributed by atoms with Gasteiger partial charge in [-0.15, -0.1) is 0 Å². The highest BCUT2D eigenvalue weighted by Crippen LogP contribution is 2.18. The summed E-state index contributed by atoms with van der Waals surface area (Å²) in [6, 6.07) is 18.1. The molecule has 1 amide bonds. The average molecular weight is 407 g/mol. The molecule has 1 saturated heterocycles. The Morgan fingerprint density at radius 2 is 1.77 bits per heavy atom. The van der Waals surface area contributed by atoms with Crippen LogP contribution in [0.1, 0.15) is 23.1 Å². The molecule has 0 spiro atoms. The molecule has 0 aliphatic carbocycles. The summed E-state index contributed by atoms with van der Waals surface area (Å²) >= 11 is 0. The maximum Gasteiger partial charge on any atom is 0.304 e. The van der Waals surface area contributed by atoms with E-state index in [1.165, 1.54) is 5.56 Å². The molecule has 1 N–H and O–H groups in total. The van der Waals surface area contributed by atoms with Gasteiger partial charge in [-0.3, -0.25) is 14.5 Å². The molecule has 2 aromatic carbocycles. The van der Waals surface area contributed by atoms with Gasteiger partial charge in [-0.05, 0) is 24.5 Å². The van der Waals surface area contributed by atoms with Crippen molar-refractivity contribution in [3.05, 3.63) is 77.4 Å². The number of aliphatic carboxylic acids is 1. The fourth-order valence-electron chi connectivity index (χ4n) is 3.89. The SMILES string of the molecule is Cc1cccc(CC(CC(=O)O)C(=O)N2CCN(C/C=C/c3ccccc3)CC2)c1. The monoisotopic (exact) mass is 406 g/mol. The van der Waals surface area contributed by atoms with Gasteiger partial charge in [0.1, 0.15) is 0 Å². The van der Waals surface area contributed by atoms with Gasteiger partial charge in [0.2, 0.25) is 5.91 Å². The third-order valence-electron chi connectivity index (χ3n) is 5.49. The molecule has 1 unspecified atom stereocenters. The summed E-state index contributed by atoms with van der Waals surface area (Å²) in [5.41, 5.74) is 3.31. The zero-order chi connectivity index (χ0) is 21.3. The van der Waals surface area contributed by atoms with Gasteiger partial charge in [0.15, 0.2) is 0 Å². The molecule has 5 heteroatoms. The molecule has 0 aromatic heterocycles. The Balaban J connectivity index is 1.53. The Labute approximate surface area is 178 Å². The van der Waals surface area contributed by atoms with Crippen LogP contribution in [0.25, 0.3) is 6.08 Å². The standard InChI is InChI=1S/C25H30N2O3/c1-20-7-5-10-22(17-20)18-23(19-24(28)29)25(30)27-15-13-26(14-16-27)12-6-11-21-8-3-2-4-9-21/h2-11,17,23H,12-16,18-19H2,1H3,(H,28,29)/b11-6+. The first kappa shape index (κ1) is 21.8. The molecule has 1 heterocycles. The van der Waals surface area contributed by atoms with Crippen LogP contribution in [-0.2, 0) is 16.0 Å². The van der Waals surface area contributed by atoms with E-state index in [-0.39, 0.29) is 12.3 Å². The number of carbonyl (C=O) groups is 2. The molecule has 30 heavy (non-hydrogen) atoms. The number of carbonyl (C=O) groups excluding carboxylic acids is 1. The topological polar surface area (TPSA) is 60.9 Å². The van der Waals surface area contributed by atoms with Crippen LogP contribution in [0, 0.1) is 12.8 Å². The van der Waals surface area contributed by atoms with Crippen molar-refractivity contribution in [2.45, 2.75) is 19.8 Å². The van der Waals surface area contributed by atoms with E-state index in [1.807, 2.05) is 54.3 Å². The summed E-state index contributed by atoms with van der Waals surface area (Å²) in [7, 11) is 0. The molecule has 0 radical (unpaired) electrons. The van der Waals surface area contributed by atoms with Gasteiger partial charge in [0.25, 0.3) is 0 Å². The summed E-state index contributed by atoms with van der Waals surface area (Å²) in [5.74, 6) is -1.49. The van der Waals surface area contributed by atoms with Gasteiger partial charge in [0.05, 0.1) is 12.3 Å². The van der Waals surface area contributed by atoms with Crippen molar-refractivity contribution in [3.63, 3.8) is 0 Å². The van der Waals surface area contributed by atoms with Gasteiger partial charge in [-0.1, -0.05) is 72.3 Å². The summed E-state index contributed by atoms with van der Waals surface area (Å²) in [4.78, 5) is 28.6. The predicted molar refractivity (Wildman–Crippen MR) is 119 cm³/mol. The highest BCUT2D eigenvalue weighted by Gasteiger charge is 2.29. The second-order valence-corrected chi connectivity index (χ2v) is 7.93. The van der Waals surface area contributed by atoms with E-state index in [0.717, 1.165) is 30.8 Å². The number of hydrogen-bond acceptors (Lipinski definition) is 3. The first-order valence-electron chi connectivity index (χ1n) is 10.5. The van der Waals surface area contributed by atoms with Crippen molar-refractivity contribution in [2.75, 3.05) is 32.7 Å². The van der Waals surface area contributed by atoms with Gasteiger partial charge >= 0.3 is 5.97 Å². The first-order valence-corrected chi connectivity index (χ1v) is 10.5. The number of rotatable bonds is 8. The fourth-order valence-corrected chi connectivity index (χ4v) is 3.89. The molecule has 0 saturated carbocycles. The number of benzene rings is 2. The van der Waals surface area contributed by atoms with Crippen LogP contribution in [0.3, 0.4) is 0 Å². The Kier molecular flexibility index (Phi) is 7.80. The van der Waals surface area contributed by atoms with Crippen LogP contribution in [-0.4, -0.2) is 59.5 Å². The van der Waals surface area contributed by atoms with Crippen molar-refractivity contribution in [3.8, 4) is 0 Å². The Morgan fingerprint density at radius 3 is 2.43 bits per heavy atom. The summed E-state index contributed by atoms with van der Waals surface area (Å²) in [6.45, 7) is 5.73. The van der Waals surface area contributed by atoms with Crippen LogP contribution < -0.4 is 0 Å². The average Bonchev–Trinajstić information content (AvgIpc) is 2.74. The molecule has 3 rings (SSSR count). The lowest BCUT2D eigenvalue weighted by Gasteiger charge is -2.36. The van der Waals surface area contributed by atoms with Gasteiger partial charge < -0.3 is 10.0 Å². The van der Waals surface area contributed by atoms with Crippen LogP contribution in [0.15, 0.2) is 60.7 Å². The number of carboxylic acid groups (broad SMARTS) is 1. The van der Waals surface area contributed by atoms with Gasteiger partial charge in [0, 0.05) is 32.7 Å². The van der Waals surface area contributed by atoms with E-state index < -0.39 is 11.9 Å². The molecular formula is C25H30N2O3. The van der Waals surface area contributed by atoms with E-state index in [9.17, 15) is 14.7 Å². The summed E-state index contributed by atoms with van der Waals surface area (Å²) < 4.78 is 0. The van der Waals surface area contributed by atoms with E-state index in [1.54, 1.807) is 0 Å². The largest absolute Gasteiger partial charge is 0.481 e. The summed E-state index contributed by atoms with van der Waals surface area (Å²) in [5, 5.41) is 9.31. The number of aryl methyl sites for hydroxylation is 1. The van der Waals surface area contributed by atoms with E-state index >= 15 is 0 Å². The second-order valence-electron chi connectivity index (χ2n) is 7.93. The van der Waals surface area contributed by atoms with Crippen LogP contribution >= 0.6 is 0 Å². The van der Waals surface area contributed by atoms with Crippen LogP contribution in [0.2, 0.25) is 0 Å². The molecule has 1 fully saturated rings. The van der Waals surface area contributed by atoms with Crippen molar-refractivity contribution >= 4 is 18.0 Å². The zero-order valence-corrected chi connectivity index (χ0v) is 17.5. The minimum atomic E-state index is -0.925. The number of hydrogen-bond donors (Lipinski definition) is 1. The predicted octanol–water partition coefficient (Wildman–Crippen LogP) is 3.49. The zero-order valence-electron chi connectivity index (χ0n) is 17.5. The lowest BCUT2D eigenvalue weighted by molar-refractivity contribution is -0.145. The Bertz CT molecular complexity index is 871. The fraction of sp³-hybridized carbons (Fsp3) is 0.360. The Hall–Kier alpha value is -2.92. The lowest BCUT2D eigenvalue weighted by Crippen LogP contribution is -2.50. The number of carboxylic acids is 1. The van der Waals surface area contributed by atoms with Crippen LogP contribution in [0.4, 0.5) is 0 Å². The quantitative estimate of drug-likeness (QED) is 0.729. The van der Waals surface area contributed by atoms with Crippen LogP contribution in [0.5, 0.6) is 0 Å². The molecule has 0 bridgehead atoms.